The van der Waals surface area contributed by atoms with Gasteiger partial charge in [-0.25, -0.2) is 17.5 Å². The molecule has 0 bridgehead atoms. The van der Waals surface area contributed by atoms with Gasteiger partial charge in [0.05, 0.1) is 23.2 Å². The van der Waals surface area contributed by atoms with Crippen molar-refractivity contribution in [3.63, 3.8) is 0 Å². The summed E-state index contributed by atoms with van der Waals surface area (Å²) in [5.41, 5.74) is 1.14. The van der Waals surface area contributed by atoms with E-state index in [0.717, 1.165) is 24.5 Å². The highest BCUT2D eigenvalue weighted by Gasteiger charge is 2.22. The number of anilines is 1. The van der Waals surface area contributed by atoms with Crippen molar-refractivity contribution in [2.24, 2.45) is 0 Å². The molecule has 3 rings (SSSR count). The van der Waals surface area contributed by atoms with Gasteiger partial charge in [0, 0.05) is 10.6 Å². The van der Waals surface area contributed by atoms with Gasteiger partial charge in [-0.15, -0.1) is 0 Å². The largest absolute Gasteiger partial charge is 0.493 e. The van der Waals surface area contributed by atoms with Crippen molar-refractivity contribution in [2.45, 2.75) is 23.8 Å². The lowest BCUT2D eigenvalue weighted by atomic mass is 10.0. The topological polar surface area (TPSA) is 67.4 Å². The average molecular weight is 385 g/mol. The van der Waals surface area contributed by atoms with Crippen LogP contribution in [0.15, 0.2) is 41.3 Å². The first-order valence-corrected chi connectivity index (χ1v) is 9.69. The van der Waals surface area contributed by atoms with Crippen molar-refractivity contribution in [3.8, 4) is 5.75 Å². The quantitative estimate of drug-likeness (QED) is 0.843. The molecule has 1 aliphatic heterocycles. The lowest BCUT2D eigenvalue weighted by Crippen LogP contribution is -2.19. The lowest BCUT2D eigenvalue weighted by Gasteiger charge is -2.20. The Hall–Kier alpha value is -1.83. The molecule has 5 nitrogen and oxygen atoms in total. The molecule has 1 heterocycles. The maximum atomic E-state index is 14.4. The summed E-state index contributed by atoms with van der Waals surface area (Å²) in [6.45, 7) is 0.563. The molecular formula is C17H18ClFN2O3S. The number of sulfonamides is 1. The van der Waals surface area contributed by atoms with Gasteiger partial charge in [0.15, 0.2) is 0 Å². The standard InChI is InChI=1S/C17H18ClFN2O3S/c1-20-25(22,23)12-5-7-16(14(19)10-12)21-15-3-2-8-24-17-9-11(18)4-6-13(15)17/h4-7,9-10,15,20-21H,2-3,8H2,1H3. The molecular weight excluding hydrogens is 367 g/mol. The fourth-order valence-corrected chi connectivity index (χ4v) is 3.69. The zero-order chi connectivity index (χ0) is 18.0. The molecule has 0 amide bonds. The van der Waals surface area contributed by atoms with E-state index in [0.29, 0.717) is 17.4 Å². The molecule has 0 saturated carbocycles. The van der Waals surface area contributed by atoms with Gasteiger partial charge in [-0.05, 0) is 50.2 Å². The van der Waals surface area contributed by atoms with Crippen LogP contribution in [0.2, 0.25) is 5.02 Å². The van der Waals surface area contributed by atoms with Crippen LogP contribution in [0.5, 0.6) is 5.75 Å². The number of fused-ring (bicyclic) bond motifs is 1. The summed E-state index contributed by atoms with van der Waals surface area (Å²) in [5, 5.41) is 3.72. The Morgan fingerprint density at radius 1 is 1.24 bits per heavy atom. The zero-order valence-corrected chi connectivity index (χ0v) is 15.1. The lowest BCUT2D eigenvalue weighted by molar-refractivity contribution is 0.316. The molecule has 0 aromatic heterocycles. The van der Waals surface area contributed by atoms with Gasteiger partial charge in [-0.3, -0.25) is 0 Å². The number of hydrogen-bond donors (Lipinski definition) is 2. The summed E-state index contributed by atoms with van der Waals surface area (Å²) >= 11 is 6.01. The third-order valence-electron chi connectivity index (χ3n) is 4.10. The van der Waals surface area contributed by atoms with E-state index in [1.165, 1.54) is 19.2 Å². The van der Waals surface area contributed by atoms with Crippen molar-refractivity contribution in [2.75, 3.05) is 19.0 Å². The molecule has 2 N–H and O–H groups in total. The van der Waals surface area contributed by atoms with Gasteiger partial charge < -0.3 is 10.1 Å². The van der Waals surface area contributed by atoms with Crippen LogP contribution >= 0.6 is 11.6 Å². The van der Waals surface area contributed by atoms with Crippen molar-refractivity contribution < 1.29 is 17.5 Å². The smallest absolute Gasteiger partial charge is 0.240 e. The van der Waals surface area contributed by atoms with Crippen LogP contribution in [-0.2, 0) is 10.0 Å². The van der Waals surface area contributed by atoms with E-state index in [-0.39, 0.29) is 16.6 Å². The summed E-state index contributed by atoms with van der Waals surface area (Å²) in [5.74, 6) is 0.0503. The Morgan fingerprint density at radius 3 is 2.76 bits per heavy atom. The van der Waals surface area contributed by atoms with Crippen LogP contribution in [0, 0.1) is 5.82 Å². The summed E-state index contributed by atoms with van der Waals surface area (Å²) in [4.78, 5) is -0.116. The number of nitrogens with one attached hydrogen (secondary N) is 2. The highest BCUT2D eigenvalue weighted by Crippen LogP contribution is 2.36. The highest BCUT2D eigenvalue weighted by atomic mass is 35.5. The molecule has 0 fully saturated rings. The van der Waals surface area contributed by atoms with Crippen LogP contribution < -0.4 is 14.8 Å². The fraction of sp³-hybridized carbons (Fsp3) is 0.294. The Kier molecular flexibility index (Phi) is 5.17. The predicted octanol–water partition coefficient (Wildman–Crippen LogP) is 3.71. The Balaban J connectivity index is 1.90. The summed E-state index contributed by atoms with van der Waals surface area (Å²) in [6, 6.07) is 9.02. The number of ether oxygens (including phenoxy) is 1. The van der Waals surface area contributed by atoms with Gasteiger partial charge in [0.1, 0.15) is 11.6 Å². The molecule has 1 aliphatic rings. The van der Waals surface area contributed by atoms with E-state index in [9.17, 15) is 12.8 Å². The van der Waals surface area contributed by atoms with Crippen molar-refractivity contribution in [3.05, 3.63) is 52.8 Å². The van der Waals surface area contributed by atoms with Gasteiger partial charge >= 0.3 is 0 Å². The minimum Gasteiger partial charge on any atom is -0.493 e. The predicted molar refractivity (Wildman–Crippen MR) is 95.2 cm³/mol. The second-order valence-electron chi connectivity index (χ2n) is 5.72. The molecule has 134 valence electrons. The molecule has 0 spiro atoms. The van der Waals surface area contributed by atoms with E-state index in [2.05, 4.69) is 10.0 Å². The van der Waals surface area contributed by atoms with Crippen LogP contribution in [0.4, 0.5) is 10.1 Å². The van der Waals surface area contributed by atoms with E-state index >= 15 is 0 Å². The number of rotatable bonds is 4. The monoisotopic (exact) mass is 384 g/mol. The van der Waals surface area contributed by atoms with Crippen molar-refractivity contribution in [1.82, 2.24) is 4.72 Å². The molecule has 2 aromatic rings. The first-order chi connectivity index (χ1) is 11.9. The third-order valence-corrected chi connectivity index (χ3v) is 5.74. The van der Waals surface area contributed by atoms with Gasteiger partial charge in [-0.1, -0.05) is 17.7 Å². The van der Waals surface area contributed by atoms with E-state index in [1.807, 2.05) is 6.07 Å². The summed E-state index contributed by atoms with van der Waals surface area (Å²) in [6.07, 6.45) is 1.56. The van der Waals surface area contributed by atoms with E-state index < -0.39 is 15.8 Å². The first kappa shape index (κ1) is 18.0. The van der Waals surface area contributed by atoms with Gasteiger partial charge in [-0.2, -0.15) is 0 Å². The molecule has 25 heavy (non-hydrogen) atoms. The van der Waals surface area contributed by atoms with Gasteiger partial charge in [0.25, 0.3) is 0 Å². The second-order valence-corrected chi connectivity index (χ2v) is 8.04. The van der Waals surface area contributed by atoms with Gasteiger partial charge in [0.2, 0.25) is 10.0 Å². The number of halogens is 2. The summed E-state index contributed by atoms with van der Waals surface area (Å²) in [7, 11) is -2.40. The van der Waals surface area contributed by atoms with Crippen LogP contribution in [0.25, 0.3) is 0 Å². The highest BCUT2D eigenvalue weighted by molar-refractivity contribution is 7.89. The average Bonchev–Trinajstić information content (AvgIpc) is 2.78. The van der Waals surface area contributed by atoms with Crippen LogP contribution in [0.1, 0.15) is 24.4 Å². The first-order valence-electron chi connectivity index (χ1n) is 7.82. The van der Waals surface area contributed by atoms with Crippen molar-refractivity contribution >= 4 is 27.3 Å². The maximum Gasteiger partial charge on any atom is 0.240 e. The molecule has 8 heteroatoms. The molecule has 0 saturated heterocycles. The number of benzene rings is 2. The fourth-order valence-electron chi connectivity index (χ4n) is 2.78. The van der Waals surface area contributed by atoms with E-state index in [1.54, 1.807) is 12.1 Å². The molecule has 0 aliphatic carbocycles. The van der Waals surface area contributed by atoms with Crippen LogP contribution in [0.3, 0.4) is 0 Å². The Morgan fingerprint density at radius 2 is 2.04 bits per heavy atom. The Bertz CT molecular complexity index is 889. The molecule has 0 radical (unpaired) electrons. The summed E-state index contributed by atoms with van der Waals surface area (Å²) < 4.78 is 45.8. The normalized spacial score (nSPS) is 17.3. The van der Waals surface area contributed by atoms with Crippen molar-refractivity contribution in [1.29, 1.82) is 0 Å². The van der Waals surface area contributed by atoms with Crippen LogP contribution in [-0.4, -0.2) is 22.1 Å². The molecule has 2 aromatic carbocycles. The minimum atomic E-state index is -3.68. The third kappa shape index (κ3) is 3.89. The van der Waals surface area contributed by atoms with E-state index in [4.69, 9.17) is 16.3 Å². The minimum absolute atomic E-state index is 0.116. The number of hydrogen-bond acceptors (Lipinski definition) is 4. The zero-order valence-electron chi connectivity index (χ0n) is 13.6. The molecule has 1 atom stereocenters. The Labute approximate surface area is 151 Å². The molecule has 1 unspecified atom stereocenters. The SMILES string of the molecule is CNS(=O)(=O)c1ccc(NC2CCCOc3cc(Cl)ccc32)c(F)c1. The second kappa shape index (κ2) is 7.19. The maximum absolute atomic E-state index is 14.4.